The van der Waals surface area contributed by atoms with Crippen molar-refractivity contribution in [3.63, 3.8) is 0 Å². The minimum absolute atomic E-state index is 0.306. The largest absolute Gasteiger partial charge is 0.495 e. The van der Waals surface area contributed by atoms with Crippen LogP contribution in [0.3, 0.4) is 0 Å². The Hall–Kier alpha value is -0.800. The summed E-state index contributed by atoms with van der Waals surface area (Å²) in [4.78, 5) is 0. The summed E-state index contributed by atoms with van der Waals surface area (Å²) in [5.74, 6) is -0.0973. The maximum absolute atomic E-state index is 13.1. The van der Waals surface area contributed by atoms with Crippen LogP contribution in [-0.4, -0.2) is 7.11 Å². The summed E-state index contributed by atoms with van der Waals surface area (Å²) in [5.41, 5.74) is 5.69. The maximum atomic E-state index is 13.1. The van der Waals surface area contributed by atoms with Crippen LogP contribution in [0.4, 0.5) is 4.39 Å². The summed E-state index contributed by atoms with van der Waals surface area (Å²) >= 11 is 5.99. The van der Waals surface area contributed by atoms with E-state index >= 15 is 0 Å². The molecular formula is C10H13ClFNO. The second-order valence-electron chi connectivity index (χ2n) is 3.69. The Balaban J connectivity index is 3.37. The van der Waals surface area contributed by atoms with Crippen molar-refractivity contribution in [2.24, 2.45) is 5.73 Å². The highest BCUT2D eigenvalue weighted by molar-refractivity contribution is 6.33. The first kappa shape index (κ1) is 11.3. The monoisotopic (exact) mass is 217 g/mol. The van der Waals surface area contributed by atoms with Crippen molar-refractivity contribution in [3.8, 4) is 5.75 Å². The highest BCUT2D eigenvalue weighted by Gasteiger charge is 2.21. The lowest BCUT2D eigenvalue weighted by Gasteiger charge is -2.21. The average molecular weight is 218 g/mol. The third-order valence-electron chi connectivity index (χ3n) is 1.92. The van der Waals surface area contributed by atoms with E-state index in [1.54, 1.807) is 13.8 Å². The molecule has 0 saturated carbocycles. The topological polar surface area (TPSA) is 35.2 Å². The molecule has 0 saturated heterocycles. The summed E-state index contributed by atoms with van der Waals surface area (Å²) in [6.07, 6.45) is 0. The van der Waals surface area contributed by atoms with Crippen LogP contribution in [0.5, 0.6) is 5.75 Å². The van der Waals surface area contributed by atoms with Crippen LogP contribution in [-0.2, 0) is 5.54 Å². The number of hydrogen-bond acceptors (Lipinski definition) is 2. The zero-order valence-corrected chi connectivity index (χ0v) is 9.15. The van der Waals surface area contributed by atoms with Gasteiger partial charge in [-0.1, -0.05) is 11.6 Å². The van der Waals surface area contributed by atoms with Crippen LogP contribution in [0.25, 0.3) is 0 Å². The molecule has 0 aliphatic heterocycles. The molecule has 0 aliphatic carbocycles. The van der Waals surface area contributed by atoms with E-state index in [-0.39, 0.29) is 0 Å². The zero-order chi connectivity index (χ0) is 10.9. The number of halogens is 2. The lowest BCUT2D eigenvalue weighted by atomic mass is 9.95. The van der Waals surface area contributed by atoms with Gasteiger partial charge >= 0.3 is 0 Å². The minimum Gasteiger partial charge on any atom is -0.495 e. The maximum Gasteiger partial charge on any atom is 0.140 e. The molecule has 0 bridgehead atoms. The second kappa shape index (κ2) is 3.75. The van der Waals surface area contributed by atoms with Crippen LogP contribution in [0, 0.1) is 5.82 Å². The molecule has 14 heavy (non-hydrogen) atoms. The first-order chi connectivity index (χ1) is 6.36. The molecule has 0 amide bonds. The quantitative estimate of drug-likeness (QED) is 0.827. The smallest absolute Gasteiger partial charge is 0.140 e. The second-order valence-corrected chi connectivity index (χ2v) is 4.07. The Morgan fingerprint density at radius 2 is 2.00 bits per heavy atom. The Kier molecular flexibility index (Phi) is 3.02. The first-order valence-corrected chi connectivity index (χ1v) is 4.56. The van der Waals surface area contributed by atoms with Crippen molar-refractivity contribution in [2.45, 2.75) is 19.4 Å². The van der Waals surface area contributed by atoms with E-state index < -0.39 is 11.4 Å². The van der Waals surface area contributed by atoms with Gasteiger partial charge in [0.2, 0.25) is 0 Å². The van der Waals surface area contributed by atoms with Crippen LogP contribution in [0.15, 0.2) is 12.1 Å². The molecule has 0 atom stereocenters. The summed E-state index contributed by atoms with van der Waals surface area (Å²) in [6, 6.07) is 2.56. The molecule has 0 aliphatic rings. The lowest BCUT2D eigenvalue weighted by Crippen LogP contribution is -2.29. The standard InChI is InChI=1S/C10H13ClFNO/c1-10(2,13)7-4-6(12)5-8(14-3)9(7)11/h4-5H,13H2,1-3H3. The fourth-order valence-electron chi connectivity index (χ4n) is 1.18. The normalized spacial score (nSPS) is 11.6. The van der Waals surface area contributed by atoms with Gasteiger partial charge in [-0.05, 0) is 25.5 Å². The van der Waals surface area contributed by atoms with Crippen LogP contribution in [0.1, 0.15) is 19.4 Å². The van der Waals surface area contributed by atoms with Crippen LogP contribution < -0.4 is 10.5 Å². The fourth-order valence-corrected chi connectivity index (χ4v) is 1.61. The highest BCUT2D eigenvalue weighted by atomic mass is 35.5. The van der Waals surface area contributed by atoms with Crippen molar-refractivity contribution in [1.29, 1.82) is 0 Å². The van der Waals surface area contributed by atoms with Crippen molar-refractivity contribution < 1.29 is 9.13 Å². The molecule has 2 N–H and O–H groups in total. The van der Waals surface area contributed by atoms with E-state index in [9.17, 15) is 4.39 Å². The van der Waals surface area contributed by atoms with E-state index in [0.717, 1.165) is 0 Å². The van der Waals surface area contributed by atoms with Crippen molar-refractivity contribution in [2.75, 3.05) is 7.11 Å². The summed E-state index contributed by atoms with van der Waals surface area (Å²) in [7, 11) is 1.44. The van der Waals surface area contributed by atoms with Gasteiger partial charge in [-0.2, -0.15) is 0 Å². The molecule has 0 aromatic heterocycles. The summed E-state index contributed by atoms with van der Waals surface area (Å²) in [5, 5.41) is 0.362. The van der Waals surface area contributed by atoms with Crippen LogP contribution >= 0.6 is 11.6 Å². The van der Waals surface area contributed by atoms with Crippen molar-refractivity contribution in [1.82, 2.24) is 0 Å². The van der Waals surface area contributed by atoms with E-state index in [1.165, 1.54) is 19.2 Å². The predicted molar refractivity (Wildman–Crippen MR) is 55.2 cm³/mol. The van der Waals surface area contributed by atoms with Gasteiger partial charge in [0, 0.05) is 11.6 Å². The zero-order valence-electron chi connectivity index (χ0n) is 8.40. The predicted octanol–water partition coefficient (Wildman–Crippen LogP) is 2.68. The Morgan fingerprint density at radius 3 is 2.43 bits per heavy atom. The van der Waals surface area contributed by atoms with Gasteiger partial charge in [0.15, 0.2) is 0 Å². The molecule has 1 aromatic carbocycles. The van der Waals surface area contributed by atoms with Crippen LogP contribution in [0.2, 0.25) is 5.02 Å². The molecule has 0 fully saturated rings. The van der Waals surface area contributed by atoms with Gasteiger partial charge in [-0.25, -0.2) is 4.39 Å². The van der Waals surface area contributed by atoms with E-state index in [1.807, 2.05) is 0 Å². The number of rotatable bonds is 2. The molecule has 1 rings (SSSR count). The van der Waals surface area contributed by atoms with E-state index in [4.69, 9.17) is 22.1 Å². The molecule has 0 heterocycles. The highest BCUT2D eigenvalue weighted by Crippen LogP contribution is 2.34. The molecule has 4 heteroatoms. The van der Waals surface area contributed by atoms with E-state index in [0.29, 0.717) is 16.3 Å². The first-order valence-electron chi connectivity index (χ1n) is 4.18. The minimum atomic E-state index is -0.688. The van der Waals surface area contributed by atoms with E-state index in [2.05, 4.69) is 0 Å². The number of ether oxygens (including phenoxy) is 1. The third-order valence-corrected chi connectivity index (χ3v) is 2.31. The molecule has 1 aromatic rings. The molecule has 0 unspecified atom stereocenters. The Bertz CT molecular complexity index is 347. The molecule has 0 spiro atoms. The average Bonchev–Trinajstić information content (AvgIpc) is 2.06. The summed E-state index contributed by atoms with van der Waals surface area (Å²) in [6.45, 7) is 3.51. The van der Waals surface area contributed by atoms with Gasteiger partial charge in [0.05, 0.1) is 12.1 Å². The summed E-state index contributed by atoms with van der Waals surface area (Å²) < 4.78 is 18.1. The van der Waals surface area contributed by atoms with Crippen molar-refractivity contribution >= 4 is 11.6 Å². The third kappa shape index (κ3) is 2.16. The molecular weight excluding hydrogens is 205 g/mol. The molecule has 78 valence electrons. The SMILES string of the molecule is COc1cc(F)cc(C(C)(C)N)c1Cl. The number of nitrogens with two attached hydrogens (primary N) is 1. The van der Waals surface area contributed by atoms with Gasteiger partial charge in [-0.3, -0.25) is 0 Å². The van der Waals surface area contributed by atoms with Gasteiger partial charge in [-0.15, -0.1) is 0 Å². The van der Waals surface area contributed by atoms with Crippen molar-refractivity contribution in [3.05, 3.63) is 28.5 Å². The lowest BCUT2D eigenvalue weighted by molar-refractivity contribution is 0.408. The number of benzene rings is 1. The fraction of sp³-hybridized carbons (Fsp3) is 0.400. The Labute approximate surface area is 87.8 Å². The van der Waals surface area contributed by atoms with Gasteiger partial charge in [0.25, 0.3) is 0 Å². The number of methoxy groups -OCH3 is 1. The number of hydrogen-bond donors (Lipinski definition) is 1. The van der Waals surface area contributed by atoms with Gasteiger partial charge in [0.1, 0.15) is 11.6 Å². The Morgan fingerprint density at radius 1 is 1.43 bits per heavy atom. The van der Waals surface area contributed by atoms with Gasteiger partial charge < -0.3 is 10.5 Å². The molecule has 0 radical (unpaired) electrons. The molecule has 2 nitrogen and oxygen atoms in total.